The van der Waals surface area contributed by atoms with Crippen LogP contribution in [0.5, 0.6) is 11.5 Å². The summed E-state index contributed by atoms with van der Waals surface area (Å²) in [6.07, 6.45) is 1.78. The number of phenolic OH excluding ortho intramolecular Hbond substituents is 2. The largest absolute Gasteiger partial charge is 0.507 e. The molecule has 1 amide bonds. The molecule has 0 heterocycles. The first-order chi connectivity index (χ1) is 9.54. The number of rotatable bonds is 4. The number of primary amides is 1. The van der Waals surface area contributed by atoms with E-state index in [9.17, 15) is 20.1 Å². The van der Waals surface area contributed by atoms with E-state index < -0.39 is 11.5 Å². The monoisotopic (exact) mass is 293 g/mol. The molecule has 21 heavy (non-hydrogen) atoms. The van der Waals surface area contributed by atoms with Gasteiger partial charge in [-0.25, -0.2) is 0 Å². The van der Waals surface area contributed by atoms with Crippen LogP contribution in [0.25, 0.3) is 5.57 Å². The minimum absolute atomic E-state index is 0.0381. The minimum Gasteiger partial charge on any atom is -0.507 e. The predicted octanol–water partition coefficient (Wildman–Crippen LogP) is 2.05. The number of amides is 1. The zero-order valence-electron chi connectivity index (χ0n) is 13.1. The van der Waals surface area contributed by atoms with Crippen LogP contribution in [0.3, 0.4) is 0 Å². The number of carbonyl (C=O) groups excluding carboxylic acids is 1. The van der Waals surface area contributed by atoms with Crippen LogP contribution >= 0.6 is 0 Å². The highest BCUT2D eigenvalue weighted by atomic mass is 16.3. The molecule has 0 fully saturated rings. The van der Waals surface area contributed by atoms with Gasteiger partial charge in [0.2, 0.25) is 0 Å². The van der Waals surface area contributed by atoms with E-state index in [1.807, 2.05) is 6.92 Å². The quantitative estimate of drug-likeness (QED) is 0.638. The van der Waals surface area contributed by atoms with Crippen LogP contribution in [-0.2, 0) is 4.79 Å². The Morgan fingerprint density at radius 1 is 1.14 bits per heavy atom. The van der Waals surface area contributed by atoms with Gasteiger partial charge >= 0.3 is 0 Å². The number of aliphatic hydroxyl groups is 1. The van der Waals surface area contributed by atoms with Crippen molar-refractivity contribution < 1.29 is 20.1 Å². The van der Waals surface area contributed by atoms with Crippen molar-refractivity contribution >= 4 is 11.5 Å². The number of benzene rings is 1. The van der Waals surface area contributed by atoms with Gasteiger partial charge in [-0.05, 0) is 56.9 Å². The van der Waals surface area contributed by atoms with Gasteiger partial charge in [0.1, 0.15) is 11.5 Å². The molecule has 1 atom stereocenters. The second-order valence-electron chi connectivity index (χ2n) is 5.48. The van der Waals surface area contributed by atoms with Gasteiger partial charge in [-0.3, -0.25) is 4.79 Å². The summed E-state index contributed by atoms with van der Waals surface area (Å²) in [7, 11) is 0. The molecule has 0 radical (unpaired) electrons. The molecule has 5 heteroatoms. The van der Waals surface area contributed by atoms with E-state index >= 15 is 0 Å². The van der Waals surface area contributed by atoms with Crippen molar-refractivity contribution in [2.45, 2.75) is 46.6 Å². The third-order valence-corrected chi connectivity index (χ3v) is 3.90. The van der Waals surface area contributed by atoms with Gasteiger partial charge in [-0.15, -0.1) is 0 Å². The number of phenols is 2. The van der Waals surface area contributed by atoms with Crippen molar-refractivity contribution in [2.24, 2.45) is 5.73 Å². The minimum atomic E-state index is -1.82. The van der Waals surface area contributed by atoms with Crippen LogP contribution < -0.4 is 5.73 Å². The molecule has 0 aliphatic carbocycles. The van der Waals surface area contributed by atoms with E-state index in [-0.39, 0.29) is 11.5 Å². The maximum Gasteiger partial charge on any atom is 0.253 e. The molecule has 5 N–H and O–H groups in total. The van der Waals surface area contributed by atoms with Crippen LogP contribution in [-0.4, -0.2) is 26.8 Å². The van der Waals surface area contributed by atoms with Gasteiger partial charge < -0.3 is 21.1 Å². The fourth-order valence-corrected chi connectivity index (χ4v) is 2.27. The summed E-state index contributed by atoms with van der Waals surface area (Å²) in [4.78, 5) is 11.3. The fourth-order valence-electron chi connectivity index (χ4n) is 2.27. The Balaban J connectivity index is 3.65. The molecule has 1 aromatic carbocycles. The van der Waals surface area contributed by atoms with Crippen molar-refractivity contribution in [3.8, 4) is 11.5 Å². The van der Waals surface area contributed by atoms with Crippen molar-refractivity contribution in [2.75, 3.05) is 0 Å². The fraction of sp³-hybridized carbons (Fsp3) is 0.438. The third-order valence-electron chi connectivity index (χ3n) is 3.90. The smallest absolute Gasteiger partial charge is 0.253 e. The number of nitrogens with two attached hydrogens (primary N) is 1. The first kappa shape index (κ1) is 17.0. The summed E-state index contributed by atoms with van der Waals surface area (Å²) in [5.74, 6) is -0.742. The first-order valence-electron chi connectivity index (χ1n) is 6.80. The Morgan fingerprint density at radius 3 is 2.05 bits per heavy atom. The maximum absolute atomic E-state index is 11.3. The summed E-state index contributed by atoms with van der Waals surface area (Å²) in [5.41, 5.74) is 5.99. The van der Waals surface area contributed by atoms with Gasteiger partial charge in [0.05, 0.1) is 0 Å². The zero-order chi connectivity index (χ0) is 16.5. The Morgan fingerprint density at radius 2 is 1.62 bits per heavy atom. The van der Waals surface area contributed by atoms with E-state index in [4.69, 9.17) is 5.73 Å². The van der Waals surface area contributed by atoms with Crippen LogP contribution in [0.1, 0.15) is 42.5 Å². The van der Waals surface area contributed by atoms with E-state index in [0.717, 1.165) is 0 Å². The molecular weight excluding hydrogens is 270 g/mol. The molecule has 0 saturated heterocycles. The molecule has 0 aliphatic heterocycles. The molecule has 1 rings (SSSR count). The van der Waals surface area contributed by atoms with E-state index in [2.05, 4.69) is 0 Å². The topological polar surface area (TPSA) is 104 Å². The predicted molar refractivity (Wildman–Crippen MR) is 82.1 cm³/mol. The summed E-state index contributed by atoms with van der Waals surface area (Å²) < 4.78 is 0. The molecule has 0 bridgehead atoms. The van der Waals surface area contributed by atoms with Gasteiger partial charge in [0.25, 0.3) is 5.91 Å². The lowest BCUT2D eigenvalue weighted by Gasteiger charge is -2.21. The molecule has 0 saturated carbocycles. The lowest BCUT2D eigenvalue weighted by Crippen LogP contribution is -2.39. The second-order valence-corrected chi connectivity index (χ2v) is 5.48. The second kappa shape index (κ2) is 5.77. The van der Waals surface area contributed by atoms with Gasteiger partial charge in [-0.1, -0.05) is 6.92 Å². The third kappa shape index (κ3) is 3.03. The summed E-state index contributed by atoms with van der Waals surface area (Å²) in [6, 6.07) is 0. The van der Waals surface area contributed by atoms with E-state index in [1.54, 1.807) is 20.8 Å². The highest BCUT2D eigenvalue weighted by Crippen LogP contribution is 2.41. The molecule has 0 aromatic heterocycles. The standard InChI is InChI=1S/C16H23NO4/c1-6-11(7-16(5,21)15(17)20)12-10(4)13(18)8(2)9(3)14(12)19/h7,18-19,21H,6H2,1-5H3,(H2,17,20). The molecule has 5 nitrogen and oxygen atoms in total. The lowest BCUT2D eigenvalue weighted by atomic mass is 9.89. The van der Waals surface area contributed by atoms with Gasteiger partial charge in [-0.2, -0.15) is 0 Å². The number of hydrogen-bond acceptors (Lipinski definition) is 4. The average Bonchev–Trinajstić information content (AvgIpc) is 2.41. The highest BCUT2D eigenvalue weighted by Gasteiger charge is 2.27. The summed E-state index contributed by atoms with van der Waals surface area (Å²) in [6.45, 7) is 8.22. The zero-order valence-corrected chi connectivity index (χ0v) is 13.1. The van der Waals surface area contributed by atoms with Crippen LogP contribution in [0.15, 0.2) is 6.08 Å². The van der Waals surface area contributed by atoms with Crippen molar-refractivity contribution in [3.05, 3.63) is 28.3 Å². The van der Waals surface area contributed by atoms with Gasteiger partial charge in [0.15, 0.2) is 5.60 Å². The molecule has 0 spiro atoms. The summed E-state index contributed by atoms with van der Waals surface area (Å²) >= 11 is 0. The SMILES string of the molecule is CCC(=CC(C)(O)C(N)=O)c1c(C)c(O)c(C)c(C)c1O. The maximum atomic E-state index is 11.3. The molecule has 1 aromatic rings. The Bertz CT molecular complexity index is 586. The van der Waals surface area contributed by atoms with Crippen molar-refractivity contribution in [1.29, 1.82) is 0 Å². The Hall–Kier alpha value is -2.01. The van der Waals surface area contributed by atoms with E-state index in [1.165, 1.54) is 13.0 Å². The van der Waals surface area contributed by atoms with Crippen LogP contribution in [0.2, 0.25) is 0 Å². The van der Waals surface area contributed by atoms with E-state index in [0.29, 0.717) is 34.2 Å². The van der Waals surface area contributed by atoms with Crippen LogP contribution in [0.4, 0.5) is 0 Å². The van der Waals surface area contributed by atoms with Gasteiger partial charge in [0, 0.05) is 11.1 Å². The molecule has 1 unspecified atom stereocenters. The Kier molecular flexibility index (Phi) is 4.69. The summed E-state index contributed by atoms with van der Waals surface area (Å²) in [5, 5.41) is 30.6. The molecule has 0 aliphatic rings. The molecular formula is C16H23NO4. The number of carbonyl (C=O) groups is 1. The normalized spacial score (nSPS) is 14.9. The van der Waals surface area contributed by atoms with Crippen molar-refractivity contribution in [1.82, 2.24) is 0 Å². The van der Waals surface area contributed by atoms with Crippen LogP contribution in [0, 0.1) is 20.8 Å². The molecule has 116 valence electrons. The average molecular weight is 293 g/mol. The Labute approximate surface area is 124 Å². The lowest BCUT2D eigenvalue weighted by molar-refractivity contribution is -0.130. The number of aromatic hydroxyl groups is 2. The number of hydrogen-bond donors (Lipinski definition) is 4. The first-order valence-corrected chi connectivity index (χ1v) is 6.80. The highest BCUT2D eigenvalue weighted by molar-refractivity contribution is 5.88. The van der Waals surface area contributed by atoms with Crippen molar-refractivity contribution in [3.63, 3.8) is 0 Å². The number of allylic oxidation sites excluding steroid dienone is 1.